The van der Waals surface area contributed by atoms with Crippen LogP contribution < -0.4 is 5.32 Å². The summed E-state index contributed by atoms with van der Waals surface area (Å²) in [4.78, 5) is 23.5. The minimum atomic E-state index is -0.994. The lowest BCUT2D eigenvalue weighted by atomic mass is 9.94. The van der Waals surface area contributed by atoms with Gasteiger partial charge in [0.25, 0.3) is 0 Å². The Balaban J connectivity index is 4.08. The van der Waals surface area contributed by atoms with Crippen molar-refractivity contribution >= 4 is 12.0 Å². The van der Waals surface area contributed by atoms with Crippen LogP contribution in [0.4, 0.5) is 4.79 Å². The molecule has 2 amide bonds. The van der Waals surface area contributed by atoms with Crippen LogP contribution in [0.2, 0.25) is 0 Å². The SMILES string of the molecule is CN(CCC#N)C(=O)NCC(C)(C)C(=O)O. The number of amides is 2. The summed E-state index contributed by atoms with van der Waals surface area (Å²) >= 11 is 0. The van der Waals surface area contributed by atoms with Crippen molar-refractivity contribution in [2.75, 3.05) is 20.1 Å². The number of nitrogens with one attached hydrogen (secondary N) is 1. The summed E-state index contributed by atoms with van der Waals surface area (Å²) in [5.74, 6) is -0.965. The zero-order valence-electron chi connectivity index (χ0n) is 9.78. The van der Waals surface area contributed by atoms with E-state index in [1.54, 1.807) is 7.05 Å². The number of nitriles is 1. The molecule has 0 aromatic rings. The molecule has 0 aliphatic rings. The molecular weight excluding hydrogens is 210 g/mol. The van der Waals surface area contributed by atoms with Crippen LogP contribution in [0.15, 0.2) is 0 Å². The minimum absolute atomic E-state index is 0.0536. The standard InChI is InChI=1S/C10H17N3O3/c1-10(2,8(14)15)7-12-9(16)13(3)6-4-5-11/h4,6-7H2,1-3H3,(H,12,16)(H,14,15). The third-order valence-electron chi connectivity index (χ3n) is 2.17. The van der Waals surface area contributed by atoms with E-state index in [1.165, 1.54) is 18.7 Å². The average Bonchev–Trinajstić information content (AvgIpc) is 2.22. The van der Waals surface area contributed by atoms with E-state index in [2.05, 4.69) is 5.32 Å². The van der Waals surface area contributed by atoms with Crippen molar-refractivity contribution in [1.82, 2.24) is 10.2 Å². The maximum Gasteiger partial charge on any atom is 0.317 e. The lowest BCUT2D eigenvalue weighted by Crippen LogP contribution is -2.44. The summed E-state index contributed by atoms with van der Waals surface area (Å²) in [6.07, 6.45) is 0.256. The Morgan fingerprint density at radius 3 is 2.50 bits per heavy atom. The normalized spacial score (nSPS) is 10.4. The molecule has 0 spiro atoms. The molecule has 0 atom stereocenters. The van der Waals surface area contributed by atoms with Gasteiger partial charge in [-0.05, 0) is 13.8 Å². The highest BCUT2D eigenvalue weighted by Gasteiger charge is 2.27. The van der Waals surface area contributed by atoms with Crippen molar-refractivity contribution in [3.8, 4) is 6.07 Å². The summed E-state index contributed by atoms with van der Waals surface area (Å²) in [7, 11) is 1.56. The number of rotatable bonds is 5. The molecule has 0 aliphatic heterocycles. The maximum atomic E-state index is 11.4. The van der Waals surface area contributed by atoms with E-state index < -0.39 is 11.4 Å². The predicted octanol–water partition coefficient (Wildman–Crippen LogP) is 0.652. The van der Waals surface area contributed by atoms with Crippen molar-refractivity contribution in [3.05, 3.63) is 0 Å². The molecule has 0 radical (unpaired) electrons. The molecule has 0 bridgehead atoms. The first-order valence-corrected chi connectivity index (χ1v) is 4.90. The summed E-state index contributed by atoms with van der Waals surface area (Å²) in [5.41, 5.74) is -0.994. The third-order valence-corrected chi connectivity index (χ3v) is 2.17. The number of carboxylic acids is 1. The first-order valence-electron chi connectivity index (χ1n) is 4.90. The van der Waals surface area contributed by atoms with Gasteiger partial charge < -0.3 is 15.3 Å². The molecule has 0 unspecified atom stereocenters. The van der Waals surface area contributed by atoms with Crippen molar-refractivity contribution in [2.45, 2.75) is 20.3 Å². The van der Waals surface area contributed by atoms with Crippen molar-refractivity contribution in [3.63, 3.8) is 0 Å². The van der Waals surface area contributed by atoms with Crippen LogP contribution in [-0.4, -0.2) is 42.1 Å². The number of urea groups is 1. The molecule has 16 heavy (non-hydrogen) atoms. The van der Waals surface area contributed by atoms with E-state index in [0.29, 0.717) is 6.54 Å². The molecule has 0 aromatic heterocycles. The summed E-state index contributed by atoms with van der Waals surface area (Å²) < 4.78 is 0. The molecule has 2 N–H and O–H groups in total. The van der Waals surface area contributed by atoms with Gasteiger partial charge in [0.1, 0.15) is 0 Å². The Labute approximate surface area is 94.8 Å². The molecule has 6 nitrogen and oxygen atoms in total. The largest absolute Gasteiger partial charge is 0.481 e. The molecule has 6 heteroatoms. The lowest BCUT2D eigenvalue weighted by molar-refractivity contribution is -0.146. The van der Waals surface area contributed by atoms with Crippen LogP contribution >= 0.6 is 0 Å². The van der Waals surface area contributed by atoms with Crippen LogP contribution in [-0.2, 0) is 4.79 Å². The quantitative estimate of drug-likeness (QED) is 0.721. The first-order chi connectivity index (χ1) is 7.31. The topological polar surface area (TPSA) is 93.4 Å². The monoisotopic (exact) mass is 227 g/mol. The second kappa shape index (κ2) is 5.95. The van der Waals surface area contributed by atoms with Gasteiger partial charge in [0.2, 0.25) is 0 Å². The number of carboxylic acid groups (broad SMARTS) is 1. The van der Waals surface area contributed by atoms with Gasteiger partial charge in [-0.2, -0.15) is 5.26 Å². The van der Waals surface area contributed by atoms with Gasteiger partial charge in [0.15, 0.2) is 0 Å². The Morgan fingerprint density at radius 1 is 1.50 bits per heavy atom. The highest BCUT2D eigenvalue weighted by molar-refractivity contribution is 5.77. The van der Waals surface area contributed by atoms with Crippen LogP contribution in [0, 0.1) is 16.7 Å². The fraction of sp³-hybridized carbons (Fsp3) is 0.700. The summed E-state index contributed by atoms with van der Waals surface area (Å²) in [6.45, 7) is 3.45. The fourth-order valence-corrected chi connectivity index (χ4v) is 0.826. The van der Waals surface area contributed by atoms with Gasteiger partial charge in [0.05, 0.1) is 17.9 Å². The van der Waals surface area contributed by atoms with Crippen LogP contribution in [0.1, 0.15) is 20.3 Å². The predicted molar refractivity (Wildman–Crippen MR) is 57.7 cm³/mol. The van der Waals surface area contributed by atoms with Gasteiger partial charge in [-0.3, -0.25) is 4.79 Å². The van der Waals surface area contributed by atoms with Gasteiger partial charge >= 0.3 is 12.0 Å². The molecule has 0 aromatic carbocycles. The van der Waals surface area contributed by atoms with Crippen molar-refractivity contribution in [2.24, 2.45) is 5.41 Å². The molecule has 0 heterocycles. The Hall–Kier alpha value is -1.77. The molecule has 90 valence electrons. The second-order valence-electron chi connectivity index (χ2n) is 4.18. The lowest BCUT2D eigenvalue weighted by Gasteiger charge is -2.22. The smallest absolute Gasteiger partial charge is 0.317 e. The van der Waals surface area contributed by atoms with E-state index in [4.69, 9.17) is 10.4 Å². The van der Waals surface area contributed by atoms with Gasteiger partial charge in [0, 0.05) is 20.1 Å². The molecule has 0 aliphatic carbocycles. The number of nitrogens with zero attached hydrogens (tertiary/aromatic N) is 2. The van der Waals surface area contributed by atoms with Crippen LogP contribution in [0.25, 0.3) is 0 Å². The van der Waals surface area contributed by atoms with Gasteiger partial charge in [-0.25, -0.2) is 4.79 Å². The fourth-order valence-electron chi connectivity index (χ4n) is 0.826. The molecule has 0 saturated carbocycles. The Kier molecular flexibility index (Phi) is 5.30. The molecule has 0 rings (SSSR count). The minimum Gasteiger partial charge on any atom is -0.481 e. The van der Waals surface area contributed by atoms with Crippen molar-refractivity contribution < 1.29 is 14.7 Å². The Bertz CT molecular complexity index is 307. The number of hydrogen-bond acceptors (Lipinski definition) is 3. The van der Waals surface area contributed by atoms with Gasteiger partial charge in [-0.1, -0.05) is 0 Å². The van der Waals surface area contributed by atoms with Gasteiger partial charge in [-0.15, -0.1) is 0 Å². The Morgan fingerprint density at radius 2 is 2.06 bits per heavy atom. The second-order valence-corrected chi connectivity index (χ2v) is 4.18. The average molecular weight is 227 g/mol. The molecule has 0 fully saturated rings. The number of carbonyl (C=O) groups excluding carboxylic acids is 1. The first kappa shape index (κ1) is 14.2. The van der Waals surface area contributed by atoms with E-state index in [0.717, 1.165) is 0 Å². The van der Waals surface area contributed by atoms with Crippen molar-refractivity contribution in [1.29, 1.82) is 5.26 Å². The van der Waals surface area contributed by atoms with E-state index >= 15 is 0 Å². The van der Waals surface area contributed by atoms with E-state index in [-0.39, 0.29) is 19.0 Å². The zero-order valence-corrected chi connectivity index (χ0v) is 9.78. The van der Waals surface area contributed by atoms with Crippen LogP contribution in [0.3, 0.4) is 0 Å². The highest BCUT2D eigenvalue weighted by atomic mass is 16.4. The number of hydrogen-bond donors (Lipinski definition) is 2. The number of aliphatic carboxylic acids is 1. The van der Waals surface area contributed by atoms with E-state index in [9.17, 15) is 9.59 Å². The zero-order chi connectivity index (χ0) is 12.8. The summed E-state index contributed by atoms with van der Waals surface area (Å²) in [5, 5.41) is 19.7. The highest BCUT2D eigenvalue weighted by Crippen LogP contribution is 2.13. The molecule has 0 saturated heterocycles. The third kappa shape index (κ3) is 4.64. The van der Waals surface area contributed by atoms with E-state index in [1.807, 2.05) is 6.07 Å². The van der Waals surface area contributed by atoms with Crippen LogP contribution in [0.5, 0.6) is 0 Å². The summed E-state index contributed by atoms with van der Waals surface area (Å²) in [6, 6.07) is 1.56. The maximum absolute atomic E-state index is 11.4. The molecular formula is C10H17N3O3. The number of carbonyl (C=O) groups is 2.